The molecule has 3 aromatic carbocycles. The fourth-order valence-corrected chi connectivity index (χ4v) is 6.16. The van der Waals surface area contributed by atoms with E-state index in [1.165, 1.54) is 0 Å². The van der Waals surface area contributed by atoms with E-state index < -0.39 is 12.2 Å². The molecule has 0 bridgehead atoms. The third-order valence-electron chi connectivity index (χ3n) is 7.76. The van der Waals surface area contributed by atoms with Crippen molar-refractivity contribution in [2.45, 2.75) is 68.8 Å². The van der Waals surface area contributed by atoms with Crippen LogP contribution in [-0.2, 0) is 32.2 Å². The van der Waals surface area contributed by atoms with Crippen molar-refractivity contribution >= 4 is 23.6 Å². The van der Waals surface area contributed by atoms with E-state index in [0.717, 1.165) is 44.2 Å². The number of pyridine rings is 1. The van der Waals surface area contributed by atoms with Crippen molar-refractivity contribution in [2.75, 3.05) is 5.75 Å². The third kappa shape index (κ3) is 9.72. The molecule has 0 radical (unpaired) electrons. The van der Waals surface area contributed by atoms with Crippen LogP contribution < -0.4 is 10.8 Å². The highest BCUT2D eigenvalue weighted by molar-refractivity contribution is 7.99. The number of ether oxygens (including phenoxy) is 2. The van der Waals surface area contributed by atoms with Gasteiger partial charge in [0.1, 0.15) is 0 Å². The predicted octanol–water partition coefficient (Wildman–Crippen LogP) is 6.26. The number of aromatic nitrogens is 1. The number of carbonyl (C=O) groups excluding carboxylic acids is 2. The minimum Gasteiger partial charge on any atom is -0.392 e. The SMILES string of the molecule is O=C(CCCCC(=O)NCc1cccc(-c2cccc(C3OC(CSc4ccccn4)CC(c4ccc(CO)cc4)O3)c2)c1)NO. The average molecular weight is 642 g/mol. The molecule has 5 rings (SSSR count). The number of thioether (sulfide) groups is 1. The van der Waals surface area contributed by atoms with Crippen LogP contribution >= 0.6 is 11.8 Å². The first-order chi connectivity index (χ1) is 22.5. The smallest absolute Gasteiger partial charge is 0.243 e. The van der Waals surface area contributed by atoms with Crippen molar-refractivity contribution in [1.29, 1.82) is 0 Å². The van der Waals surface area contributed by atoms with Gasteiger partial charge in [-0.2, -0.15) is 0 Å². The summed E-state index contributed by atoms with van der Waals surface area (Å²) in [5, 5.41) is 22.0. The van der Waals surface area contributed by atoms with E-state index in [1.807, 2.05) is 78.9 Å². The summed E-state index contributed by atoms with van der Waals surface area (Å²) in [7, 11) is 0. The lowest BCUT2D eigenvalue weighted by atomic mass is 9.99. The Kier molecular flexibility index (Phi) is 12.3. The van der Waals surface area contributed by atoms with Gasteiger partial charge in [-0.25, -0.2) is 10.5 Å². The summed E-state index contributed by atoms with van der Waals surface area (Å²) < 4.78 is 13.1. The second-order valence-corrected chi connectivity index (χ2v) is 12.2. The van der Waals surface area contributed by atoms with Gasteiger partial charge >= 0.3 is 0 Å². The summed E-state index contributed by atoms with van der Waals surface area (Å²) in [4.78, 5) is 27.9. The van der Waals surface area contributed by atoms with Crippen LogP contribution in [0.5, 0.6) is 0 Å². The lowest BCUT2D eigenvalue weighted by molar-refractivity contribution is -0.245. The number of hydroxylamine groups is 1. The van der Waals surface area contributed by atoms with Crippen LogP contribution in [0.25, 0.3) is 11.1 Å². The minimum absolute atomic E-state index is 0.00532. The highest BCUT2D eigenvalue weighted by Gasteiger charge is 2.32. The molecular formula is C36H39N3O6S. The van der Waals surface area contributed by atoms with Crippen molar-refractivity contribution in [2.24, 2.45) is 0 Å². The van der Waals surface area contributed by atoms with Crippen molar-refractivity contribution < 1.29 is 29.4 Å². The van der Waals surface area contributed by atoms with Crippen LogP contribution in [0.3, 0.4) is 0 Å². The van der Waals surface area contributed by atoms with Gasteiger partial charge in [0.25, 0.3) is 0 Å². The number of hydrogen-bond acceptors (Lipinski definition) is 8. The van der Waals surface area contributed by atoms with Crippen LogP contribution in [0, 0.1) is 0 Å². The second kappa shape index (κ2) is 17.0. The van der Waals surface area contributed by atoms with E-state index in [2.05, 4.69) is 22.4 Å². The topological polar surface area (TPSA) is 130 Å². The van der Waals surface area contributed by atoms with Gasteiger partial charge in [0.15, 0.2) is 6.29 Å². The number of hydrogen-bond donors (Lipinski definition) is 4. The standard InChI is InChI=1S/C36H39N3O6S/c40-23-25-14-16-27(17-15-25)32-21-31(24-46-35-13-3-4-18-37-35)44-36(45-32)30-10-6-9-29(20-30)28-8-5-7-26(19-28)22-38-33(41)11-1-2-12-34(42)39-43/h3-10,13-20,31-32,36,40,43H,1-2,11-12,21-24H2,(H,38,41)(H,39,42). The molecule has 0 spiro atoms. The Morgan fingerprint density at radius 2 is 1.59 bits per heavy atom. The van der Waals surface area contributed by atoms with E-state index >= 15 is 0 Å². The number of aliphatic hydroxyl groups excluding tert-OH is 1. The molecule has 2 heterocycles. The molecule has 0 saturated carbocycles. The molecule has 1 aliphatic heterocycles. The Labute approximate surface area is 273 Å². The lowest BCUT2D eigenvalue weighted by Gasteiger charge is -2.36. The van der Waals surface area contributed by atoms with Gasteiger partial charge in [0.05, 0.1) is 23.8 Å². The molecule has 4 N–H and O–H groups in total. The summed E-state index contributed by atoms with van der Waals surface area (Å²) >= 11 is 1.66. The first-order valence-corrected chi connectivity index (χ1v) is 16.4. The average Bonchev–Trinajstić information content (AvgIpc) is 3.12. The highest BCUT2D eigenvalue weighted by Crippen LogP contribution is 2.40. The van der Waals surface area contributed by atoms with E-state index in [1.54, 1.807) is 23.4 Å². The zero-order chi connectivity index (χ0) is 32.1. The number of aliphatic hydroxyl groups is 1. The number of nitrogens with one attached hydrogen (secondary N) is 2. The third-order valence-corrected chi connectivity index (χ3v) is 8.84. The maximum atomic E-state index is 12.3. The van der Waals surface area contributed by atoms with Gasteiger partial charge in [0, 0.05) is 43.3 Å². The number of amides is 2. The van der Waals surface area contributed by atoms with Crippen molar-refractivity contribution in [3.05, 3.63) is 119 Å². The van der Waals surface area contributed by atoms with Gasteiger partial charge in [-0.1, -0.05) is 66.7 Å². The summed E-state index contributed by atoms with van der Waals surface area (Å²) in [5.74, 6) is 0.198. The Morgan fingerprint density at radius 1 is 0.826 bits per heavy atom. The molecule has 46 heavy (non-hydrogen) atoms. The van der Waals surface area contributed by atoms with E-state index in [9.17, 15) is 14.7 Å². The predicted molar refractivity (Wildman–Crippen MR) is 176 cm³/mol. The fraction of sp³-hybridized carbons (Fsp3) is 0.306. The molecule has 9 nitrogen and oxygen atoms in total. The first-order valence-electron chi connectivity index (χ1n) is 15.4. The highest BCUT2D eigenvalue weighted by atomic mass is 32.2. The van der Waals surface area contributed by atoms with Crippen LogP contribution in [-0.4, -0.2) is 39.0 Å². The lowest BCUT2D eigenvalue weighted by Crippen LogP contribution is -2.31. The van der Waals surface area contributed by atoms with Gasteiger partial charge in [-0.05, 0) is 64.9 Å². The molecule has 4 aromatic rings. The first kappa shape index (κ1) is 33.3. The Bertz CT molecular complexity index is 1570. The van der Waals surface area contributed by atoms with Crippen LogP contribution in [0.4, 0.5) is 0 Å². The molecule has 240 valence electrons. The van der Waals surface area contributed by atoms with Gasteiger partial charge in [-0.3, -0.25) is 14.8 Å². The normalized spacial score (nSPS) is 17.7. The summed E-state index contributed by atoms with van der Waals surface area (Å²) in [5.41, 5.74) is 7.40. The Hall–Kier alpha value is -4.06. The number of benzene rings is 3. The number of unbranched alkanes of at least 4 members (excludes halogenated alkanes) is 1. The monoisotopic (exact) mass is 641 g/mol. The zero-order valence-electron chi connectivity index (χ0n) is 25.5. The van der Waals surface area contributed by atoms with Gasteiger partial charge < -0.3 is 19.9 Å². The maximum absolute atomic E-state index is 12.3. The molecule has 1 aromatic heterocycles. The Balaban J connectivity index is 1.26. The van der Waals surface area contributed by atoms with Crippen LogP contribution in [0.2, 0.25) is 0 Å². The van der Waals surface area contributed by atoms with E-state index in [4.69, 9.17) is 14.7 Å². The van der Waals surface area contributed by atoms with Crippen molar-refractivity contribution in [3.8, 4) is 11.1 Å². The van der Waals surface area contributed by atoms with Gasteiger partial charge in [0.2, 0.25) is 11.8 Å². The van der Waals surface area contributed by atoms with E-state index in [-0.39, 0.29) is 31.1 Å². The number of carbonyl (C=O) groups is 2. The maximum Gasteiger partial charge on any atom is 0.243 e. The summed E-state index contributed by atoms with van der Waals surface area (Å²) in [6.07, 6.45) is 3.26. The van der Waals surface area contributed by atoms with Crippen molar-refractivity contribution in [1.82, 2.24) is 15.8 Å². The molecular weight excluding hydrogens is 602 g/mol. The Morgan fingerprint density at radius 3 is 2.33 bits per heavy atom. The van der Waals surface area contributed by atoms with Crippen molar-refractivity contribution in [3.63, 3.8) is 0 Å². The molecule has 1 saturated heterocycles. The van der Waals surface area contributed by atoms with Crippen LogP contribution in [0.1, 0.15) is 66.8 Å². The molecule has 2 amide bonds. The minimum atomic E-state index is -0.573. The number of rotatable bonds is 14. The molecule has 3 unspecified atom stereocenters. The molecule has 0 aliphatic carbocycles. The molecule has 3 atom stereocenters. The number of nitrogens with zero attached hydrogens (tertiary/aromatic N) is 1. The zero-order valence-corrected chi connectivity index (χ0v) is 26.3. The summed E-state index contributed by atoms with van der Waals surface area (Å²) in [6, 6.07) is 30.0. The quantitative estimate of drug-likeness (QED) is 0.0550. The van der Waals surface area contributed by atoms with Crippen LogP contribution in [0.15, 0.2) is 102 Å². The molecule has 1 fully saturated rings. The molecule has 10 heteroatoms. The molecule has 1 aliphatic rings. The second-order valence-electron chi connectivity index (χ2n) is 11.2. The largest absolute Gasteiger partial charge is 0.392 e. The fourth-order valence-electron chi connectivity index (χ4n) is 5.28. The van der Waals surface area contributed by atoms with Gasteiger partial charge in [-0.15, -0.1) is 11.8 Å². The van der Waals surface area contributed by atoms with E-state index in [0.29, 0.717) is 32.2 Å². The summed E-state index contributed by atoms with van der Waals surface area (Å²) in [6.45, 7) is 0.388.